The van der Waals surface area contributed by atoms with Crippen LogP contribution in [0.2, 0.25) is 0 Å². The average molecular weight is 201 g/mol. The molecule has 1 rings (SSSR count). The number of carbonyl (C=O) groups is 1. The van der Waals surface area contributed by atoms with E-state index in [1.54, 1.807) is 0 Å². The van der Waals surface area contributed by atoms with Gasteiger partial charge in [0.05, 0.1) is 0 Å². The van der Waals surface area contributed by atoms with Crippen LogP contribution in [0.15, 0.2) is 0 Å². The summed E-state index contributed by atoms with van der Waals surface area (Å²) >= 11 is 0. The number of rotatable bonds is 3. The minimum atomic E-state index is 0.0352. The van der Waals surface area contributed by atoms with Crippen molar-refractivity contribution in [2.45, 2.75) is 33.2 Å². The Hall–Kier alpha value is -0.610. The maximum atomic E-state index is 10.6. The fourth-order valence-corrected chi connectivity index (χ4v) is 1.50. The van der Waals surface area contributed by atoms with E-state index < -0.39 is 0 Å². The van der Waals surface area contributed by atoms with Crippen LogP contribution in [0, 0.1) is 5.92 Å². The zero-order valence-corrected chi connectivity index (χ0v) is 9.47. The van der Waals surface area contributed by atoms with Gasteiger partial charge in [0.15, 0.2) is 0 Å². The summed E-state index contributed by atoms with van der Waals surface area (Å²) < 4.78 is 0. The van der Waals surface area contributed by atoms with Crippen LogP contribution >= 0.6 is 0 Å². The smallest absolute Gasteiger partial charge is 0.216 e. The second kappa shape index (κ2) is 7.76. The highest BCUT2D eigenvalue weighted by Crippen LogP contribution is 2.11. The van der Waals surface area contributed by atoms with Gasteiger partial charge in [0.1, 0.15) is 0 Å². The highest BCUT2D eigenvalue weighted by Gasteiger charge is 2.22. The summed E-state index contributed by atoms with van der Waals surface area (Å²) in [6.07, 6.45) is 1.08. The zero-order valence-electron chi connectivity index (χ0n) is 9.47. The SMILES string of the molecule is CC.CC(=O)NCC1CC(CN)CN1. The molecule has 0 aromatic heterocycles. The first-order chi connectivity index (χ1) is 6.72. The molecule has 0 aliphatic carbocycles. The molecule has 1 saturated heterocycles. The second-order valence-corrected chi connectivity index (χ2v) is 3.38. The van der Waals surface area contributed by atoms with Crippen LogP contribution < -0.4 is 16.4 Å². The molecule has 14 heavy (non-hydrogen) atoms. The van der Waals surface area contributed by atoms with Gasteiger partial charge in [-0.1, -0.05) is 13.8 Å². The molecule has 4 N–H and O–H groups in total. The first-order valence-corrected chi connectivity index (χ1v) is 5.40. The predicted molar refractivity (Wildman–Crippen MR) is 59.0 cm³/mol. The van der Waals surface area contributed by atoms with Crippen molar-refractivity contribution in [1.29, 1.82) is 0 Å². The highest BCUT2D eigenvalue weighted by atomic mass is 16.1. The molecular formula is C10H23N3O. The summed E-state index contributed by atoms with van der Waals surface area (Å²) in [5.41, 5.74) is 5.52. The maximum Gasteiger partial charge on any atom is 0.216 e. The molecule has 1 fully saturated rings. The second-order valence-electron chi connectivity index (χ2n) is 3.38. The van der Waals surface area contributed by atoms with E-state index in [0.717, 1.165) is 26.1 Å². The molecule has 1 amide bonds. The van der Waals surface area contributed by atoms with E-state index in [0.29, 0.717) is 12.0 Å². The molecule has 0 bridgehead atoms. The van der Waals surface area contributed by atoms with Gasteiger partial charge in [0, 0.05) is 19.5 Å². The van der Waals surface area contributed by atoms with Gasteiger partial charge >= 0.3 is 0 Å². The first-order valence-electron chi connectivity index (χ1n) is 5.40. The monoisotopic (exact) mass is 201 g/mol. The molecule has 2 atom stereocenters. The minimum Gasteiger partial charge on any atom is -0.355 e. The Labute approximate surface area is 86.6 Å². The Bertz CT molecular complexity index is 161. The third kappa shape index (κ3) is 5.19. The summed E-state index contributed by atoms with van der Waals surface area (Å²) in [5, 5.41) is 6.11. The molecule has 1 aliphatic rings. The molecule has 0 aromatic rings. The van der Waals surface area contributed by atoms with Gasteiger partial charge in [-0.25, -0.2) is 0 Å². The van der Waals surface area contributed by atoms with Gasteiger partial charge in [-0.3, -0.25) is 4.79 Å². The summed E-state index contributed by atoms with van der Waals surface area (Å²) in [6, 6.07) is 0.419. The predicted octanol–water partition coefficient (Wildman–Crippen LogP) is 0.0855. The maximum absolute atomic E-state index is 10.6. The van der Waals surface area contributed by atoms with Gasteiger partial charge in [0.25, 0.3) is 0 Å². The number of hydrogen-bond donors (Lipinski definition) is 3. The van der Waals surface area contributed by atoms with Crippen molar-refractivity contribution in [3.63, 3.8) is 0 Å². The molecule has 84 valence electrons. The Morgan fingerprint density at radius 2 is 2.21 bits per heavy atom. The van der Waals surface area contributed by atoms with Crippen molar-refractivity contribution in [1.82, 2.24) is 10.6 Å². The molecule has 0 radical (unpaired) electrons. The van der Waals surface area contributed by atoms with Gasteiger partial charge in [-0.15, -0.1) is 0 Å². The van der Waals surface area contributed by atoms with E-state index in [1.807, 2.05) is 13.8 Å². The number of carbonyl (C=O) groups excluding carboxylic acids is 1. The Morgan fingerprint density at radius 3 is 2.64 bits per heavy atom. The lowest BCUT2D eigenvalue weighted by Gasteiger charge is -2.09. The fourth-order valence-electron chi connectivity index (χ4n) is 1.50. The van der Waals surface area contributed by atoms with Gasteiger partial charge in [-0.05, 0) is 25.4 Å². The Morgan fingerprint density at radius 1 is 1.57 bits per heavy atom. The van der Waals surface area contributed by atoms with Crippen LogP contribution in [0.5, 0.6) is 0 Å². The Balaban J connectivity index is 0.000000791. The molecule has 0 aromatic carbocycles. The standard InChI is InChI=1S/C8H17N3O.C2H6/c1-6(12)10-5-8-2-7(3-9)4-11-8;1-2/h7-8,11H,2-5,9H2,1H3,(H,10,12);1-2H3. The van der Waals surface area contributed by atoms with Crippen molar-refractivity contribution < 1.29 is 4.79 Å². The van der Waals surface area contributed by atoms with Crippen molar-refractivity contribution >= 4 is 5.91 Å². The fraction of sp³-hybridized carbons (Fsp3) is 0.900. The van der Waals surface area contributed by atoms with E-state index >= 15 is 0 Å². The zero-order chi connectivity index (χ0) is 11.0. The van der Waals surface area contributed by atoms with E-state index in [4.69, 9.17) is 5.73 Å². The van der Waals surface area contributed by atoms with Crippen molar-refractivity contribution in [3.05, 3.63) is 0 Å². The number of amides is 1. The van der Waals surface area contributed by atoms with Crippen molar-refractivity contribution in [3.8, 4) is 0 Å². The lowest BCUT2D eigenvalue weighted by atomic mass is 10.1. The van der Waals surface area contributed by atoms with Gasteiger partial charge in [-0.2, -0.15) is 0 Å². The molecule has 1 aliphatic heterocycles. The summed E-state index contributed by atoms with van der Waals surface area (Å²) in [5.74, 6) is 0.622. The highest BCUT2D eigenvalue weighted by molar-refractivity contribution is 5.72. The minimum absolute atomic E-state index is 0.0352. The number of nitrogens with one attached hydrogen (secondary N) is 2. The summed E-state index contributed by atoms with van der Waals surface area (Å²) in [7, 11) is 0. The van der Waals surface area contributed by atoms with Crippen LogP contribution in [-0.4, -0.2) is 31.6 Å². The largest absolute Gasteiger partial charge is 0.355 e. The molecule has 4 nitrogen and oxygen atoms in total. The lowest BCUT2D eigenvalue weighted by Crippen LogP contribution is -2.35. The van der Waals surface area contributed by atoms with Crippen LogP contribution in [0.1, 0.15) is 27.2 Å². The lowest BCUT2D eigenvalue weighted by molar-refractivity contribution is -0.119. The summed E-state index contributed by atoms with van der Waals surface area (Å²) in [6.45, 7) is 7.99. The van der Waals surface area contributed by atoms with E-state index in [-0.39, 0.29) is 5.91 Å². The molecule has 1 heterocycles. The van der Waals surface area contributed by atoms with Gasteiger partial charge in [0.2, 0.25) is 5.91 Å². The molecule has 4 heteroatoms. The van der Waals surface area contributed by atoms with E-state index in [1.165, 1.54) is 6.92 Å². The normalized spacial score (nSPS) is 25.1. The van der Waals surface area contributed by atoms with Gasteiger partial charge < -0.3 is 16.4 Å². The van der Waals surface area contributed by atoms with E-state index in [9.17, 15) is 4.79 Å². The Kier molecular flexibility index (Phi) is 7.42. The van der Waals surface area contributed by atoms with Crippen LogP contribution in [0.3, 0.4) is 0 Å². The molecule has 0 saturated carbocycles. The average Bonchev–Trinajstić information content (AvgIpc) is 2.65. The summed E-state index contributed by atoms with van der Waals surface area (Å²) in [4.78, 5) is 10.6. The van der Waals surface area contributed by atoms with Crippen molar-refractivity contribution in [2.75, 3.05) is 19.6 Å². The number of hydrogen-bond acceptors (Lipinski definition) is 3. The first kappa shape index (κ1) is 13.4. The topological polar surface area (TPSA) is 67.2 Å². The quantitative estimate of drug-likeness (QED) is 0.606. The molecule has 2 unspecified atom stereocenters. The third-order valence-corrected chi connectivity index (χ3v) is 2.24. The third-order valence-electron chi connectivity index (χ3n) is 2.24. The van der Waals surface area contributed by atoms with Crippen LogP contribution in [-0.2, 0) is 4.79 Å². The molecule has 0 spiro atoms. The number of nitrogens with two attached hydrogens (primary N) is 1. The van der Waals surface area contributed by atoms with E-state index in [2.05, 4.69) is 10.6 Å². The van der Waals surface area contributed by atoms with Crippen LogP contribution in [0.4, 0.5) is 0 Å². The molecular weight excluding hydrogens is 178 g/mol. The van der Waals surface area contributed by atoms with Crippen molar-refractivity contribution in [2.24, 2.45) is 11.7 Å². The van der Waals surface area contributed by atoms with Crippen LogP contribution in [0.25, 0.3) is 0 Å².